The summed E-state index contributed by atoms with van der Waals surface area (Å²) in [4.78, 5) is 11.0. The average Bonchev–Trinajstić information content (AvgIpc) is 2.07. The minimum atomic E-state index is -3.63. The van der Waals surface area contributed by atoms with Gasteiger partial charge in [-0.25, -0.2) is 8.42 Å². The van der Waals surface area contributed by atoms with Gasteiger partial charge in [-0.2, -0.15) is 0 Å². The lowest BCUT2D eigenvalue weighted by molar-refractivity contribution is -0.114. The van der Waals surface area contributed by atoms with E-state index >= 15 is 0 Å². The second kappa shape index (κ2) is 2.86. The summed E-state index contributed by atoms with van der Waals surface area (Å²) in [6, 6.07) is 2.26. The van der Waals surface area contributed by atoms with Crippen LogP contribution in [-0.2, 0) is 14.6 Å². The second-order valence-corrected chi connectivity index (χ2v) is 5.17. The molecule has 6 nitrogen and oxygen atoms in total. The number of rotatable bonds is 0. The highest BCUT2D eigenvalue weighted by atomic mass is 32.2. The Morgan fingerprint density at radius 1 is 1.40 bits per heavy atom. The Kier molecular flexibility index (Phi) is 1.87. The maximum absolute atomic E-state index is 11.5. The van der Waals surface area contributed by atoms with Crippen molar-refractivity contribution < 1.29 is 18.3 Å². The number of sulfone groups is 1. The van der Waals surface area contributed by atoms with Crippen LogP contribution in [0.5, 0.6) is 5.75 Å². The first-order chi connectivity index (χ1) is 6.90. The van der Waals surface area contributed by atoms with E-state index in [0.717, 1.165) is 12.1 Å². The standard InChI is InChI=1S/C8H8N2O4S/c9-4-1-7-5(2-6(4)11)10-8(12)3-15(7,13)14/h1-2,11H,3,9H2,(H,10,12). The fourth-order valence-corrected chi connectivity index (χ4v) is 2.70. The van der Waals surface area contributed by atoms with Gasteiger partial charge in [0, 0.05) is 6.07 Å². The van der Waals surface area contributed by atoms with Crippen molar-refractivity contribution >= 4 is 27.1 Å². The summed E-state index contributed by atoms with van der Waals surface area (Å²) in [5.74, 6) is -1.47. The summed E-state index contributed by atoms with van der Waals surface area (Å²) in [5, 5.41) is 11.6. The molecule has 1 aromatic carbocycles. The summed E-state index contributed by atoms with van der Waals surface area (Å²) in [6.07, 6.45) is 0. The van der Waals surface area contributed by atoms with Crippen molar-refractivity contribution in [2.75, 3.05) is 16.8 Å². The number of nitrogens with two attached hydrogens (primary N) is 1. The van der Waals surface area contributed by atoms with Crippen LogP contribution >= 0.6 is 0 Å². The smallest absolute Gasteiger partial charge is 0.239 e. The first-order valence-corrected chi connectivity index (χ1v) is 5.70. The van der Waals surface area contributed by atoms with Crippen molar-refractivity contribution in [2.24, 2.45) is 0 Å². The molecule has 80 valence electrons. The molecule has 1 heterocycles. The van der Waals surface area contributed by atoms with Crippen LogP contribution in [0.4, 0.5) is 11.4 Å². The Balaban J connectivity index is 2.74. The number of nitrogen functional groups attached to an aromatic ring is 1. The zero-order valence-corrected chi connectivity index (χ0v) is 8.34. The number of aromatic hydroxyl groups is 1. The number of anilines is 2. The molecule has 2 rings (SSSR count). The van der Waals surface area contributed by atoms with Gasteiger partial charge in [0.25, 0.3) is 0 Å². The Morgan fingerprint density at radius 3 is 2.73 bits per heavy atom. The first-order valence-electron chi connectivity index (χ1n) is 4.05. The molecule has 1 aliphatic rings. The van der Waals surface area contributed by atoms with Crippen LogP contribution in [0.15, 0.2) is 17.0 Å². The number of hydrogen-bond donors (Lipinski definition) is 3. The van der Waals surface area contributed by atoms with Gasteiger partial charge >= 0.3 is 0 Å². The van der Waals surface area contributed by atoms with Gasteiger partial charge in [0.2, 0.25) is 5.91 Å². The molecule has 0 spiro atoms. The van der Waals surface area contributed by atoms with E-state index < -0.39 is 21.5 Å². The molecule has 0 unspecified atom stereocenters. The van der Waals surface area contributed by atoms with Crippen LogP contribution in [0.2, 0.25) is 0 Å². The van der Waals surface area contributed by atoms with Gasteiger partial charge in [0.05, 0.1) is 16.3 Å². The van der Waals surface area contributed by atoms with Crippen molar-refractivity contribution in [1.29, 1.82) is 0 Å². The quantitative estimate of drug-likeness (QED) is 0.417. The molecule has 1 aliphatic heterocycles. The number of fused-ring (bicyclic) bond motifs is 1. The van der Waals surface area contributed by atoms with Crippen molar-refractivity contribution in [2.45, 2.75) is 4.90 Å². The highest BCUT2D eigenvalue weighted by Crippen LogP contribution is 2.34. The van der Waals surface area contributed by atoms with E-state index in [9.17, 15) is 18.3 Å². The highest BCUT2D eigenvalue weighted by molar-refractivity contribution is 7.92. The van der Waals surface area contributed by atoms with E-state index in [1.165, 1.54) is 0 Å². The van der Waals surface area contributed by atoms with Gasteiger partial charge in [-0.1, -0.05) is 0 Å². The van der Waals surface area contributed by atoms with Gasteiger partial charge in [-0.15, -0.1) is 0 Å². The minimum absolute atomic E-state index is 0.0338. The van der Waals surface area contributed by atoms with Crippen molar-refractivity contribution in [3.63, 3.8) is 0 Å². The van der Waals surface area contributed by atoms with E-state index in [2.05, 4.69) is 5.32 Å². The van der Waals surface area contributed by atoms with Gasteiger partial charge in [-0.05, 0) is 6.07 Å². The number of carbonyl (C=O) groups is 1. The summed E-state index contributed by atoms with van der Waals surface area (Å²) >= 11 is 0. The average molecular weight is 228 g/mol. The predicted octanol–water partition coefficient (Wildman–Crippen LogP) is -0.300. The Bertz CT molecular complexity index is 550. The topological polar surface area (TPSA) is 109 Å². The zero-order chi connectivity index (χ0) is 11.2. The molecule has 0 radical (unpaired) electrons. The van der Waals surface area contributed by atoms with Crippen molar-refractivity contribution in [1.82, 2.24) is 0 Å². The van der Waals surface area contributed by atoms with Crippen molar-refractivity contribution in [3.8, 4) is 5.75 Å². The molecule has 4 N–H and O–H groups in total. The Morgan fingerprint density at radius 2 is 2.07 bits per heavy atom. The third kappa shape index (κ3) is 1.50. The van der Waals surface area contributed by atoms with Gasteiger partial charge in [0.1, 0.15) is 11.5 Å². The van der Waals surface area contributed by atoms with Crippen molar-refractivity contribution in [3.05, 3.63) is 12.1 Å². The summed E-state index contributed by atoms with van der Waals surface area (Å²) in [5.41, 5.74) is 5.41. The fraction of sp³-hybridized carbons (Fsp3) is 0.125. The molecule has 0 bridgehead atoms. The Labute approximate surface area is 85.6 Å². The van der Waals surface area contributed by atoms with E-state index in [1.807, 2.05) is 0 Å². The lowest BCUT2D eigenvalue weighted by atomic mass is 10.2. The molecule has 15 heavy (non-hydrogen) atoms. The van der Waals surface area contributed by atoms with Gasteiger partial charge < -0.3 is 16.2 Å². The molecule has 0 fully saturated rings. The minimum Gasteiger partial charge on any atom is -0.506 e. The van der Waals surface area contributed by atoms with Gasteiger partial charge in [-0.3, -0.25) is 4.79 Å². The third-order valence-corrected chi connectivity index (χ3v) is 3.71. The molecular formula is C8H8N2O4S. The number of amides is 1. The van der Waals surface area contributed by atoms with Gasteiger partial charge in [0.15, 0.2) is 9.84 Å². The number of benzene rings is 1. The highest BCUT2D eigenvalue weighted by Gasteiger charge is 2.29. The molecule has 0 aliphatic carbocycles. The molecular weight excluding hydrogens is 220 g/mol. The third-order valence-electron chi connectivity index (χ3n) is 2.06. The first kappa shape index (κ1) is 9.78. The molecule has 0 saturated heterocycles. The van der Waals surface area contributed by atoms with E-state index in [-0.39, 0.29) is 22.0 Å². The molecule has 0 saturated carbocycles. The second-order valence-electron chi connectivity index (χ2n) is 3.21. The fourth-order valence-electron chi connectivity index (χ4n) is 1.38. The normalized spacial score (nSPS) is 18.0. The summed E-state index contributed by atoms with van der Waals surface area (Å²) in [6.45, 7) is 0. The van der Waals surface area contributed by atoms with E-state index in [1.54, 1.807) is 0 Å². The maximum atomic E-state index is 11.5. The predicted molar refractivity (Wildman–Crippen MR) is 53.2 cm³/mol. The maximum Gasteiger partial charge on any atom is 0.239 e. The van der Waals surface area contributed by atoms with Crippen LogP contribution in [0, 0.1) is 0 Å². The van der Waals surface area contributed by atoms with Crippen LogP contribution in [-0.4, -0.2) is 25.2 Å². The SMILES string of the molecule is Nc1cc2c(cc1O)NC(=O)CS2(=O)=O. The zero-order valence-electron chi connectivity index (χ0n) is 7.52. The number of nitrogens with one attached hydrogen (secondary N) is 1. The van der Waals surface area contributed by atoms with E-state index in [0.29, 0.717) is 0 Å². The molecule has 0 aromatic heterocycles. The largest absolute Gasteiger partial charge is 0.506 e. The number of carbonyl (C=O) groups excluding carboxylic acids is 1. The lowest BCUT2D eigenvalue weighted by Gasteiger charge is -2.17. The van der Waals surface area contributed by atoms with Crippen LogP contribution in [0.25, 0.3) is 0 Å². The molecule has 1 aromatic rings. The van der Waals surface area contributed by atoms with Crippen LogP contribution in [0.1, 0.15) is 0 Å². The molecule has 0 atom stereocenters. The number of hydrogen-bond acceptors (Lipinski definition) is 5. The Hall–Kier alpha value is -1.76. The molecule has 7 heteroatoms. The summed E-state index contributed by atoms with van der Waals surface area (Å²) < 4.78 is 23.1. The monoisotopic (exact) mass is 228 g/mol. The lowest BCUT2D eigenvalue weighted by Crippen LogP contribution is -2.29. The van der Waals surface area contributed by atoms with Crippen LogP contribution < -0.4 is 11.1 Å². The number of phenolic OH excluding ortho intramolecular Hbond substituents is 1. The van der Waals surface area contributed by atoms with Crippen LogP contribution in [0.3, 0.4) is 0 Å². The number of phenols is 1. The molecule has 1 amide bonds. The van der Waals surface area contributed by atoms with E-state index in [4.69, 9.17) is 5.73 Å². The summed E-state index contributed by atoms with van der Waals surface area (Å²) in [7, 11) is -3.63.